The monoisotopic (exact) mass is 416 g/mol. The fourth-order valence-corrected chi connectivity index (χ4v) is 5.20. The minimum Gasteiger partial charge on any atom is -0.337 e. The van der Waals surface area contributed by atoms with Crippen molar-refractivity contribution in [1.29, 1.82) is 0 Å². The Balaban J connectivity index is 1.46. The second-order valence-corrected chi connectivity index (χ2v) is 9.55. The van der Waals surface area contributed by atoms with E-state index in [1.54, 1.807) is 0 Å². The van der Waals surface area contributed by atoms with Gasteiger partial charge >= 0.3 is 0 Å². The zero-order valence-electron chi connectivity index (χ0n) is 19.2. The Bertz CT molecular complexity index is 720. The third kappa shape index (κ3) is 5.82. The molecule has 2 heterocycles. The van der Waals surface area contributed by atoms with Crippen molar-refractivity contribution in [2.75, 3.05) is 51.1 Å². The van der Waals surface area contributed by atoms with Gasteiger partial charge < -0.3 is 20.0 Å². The van der Waals surface area contributed by atoms with Crippen molar-refractivity contribution in [2.45, 2.75) is 46.6 Å². The standard InChI is InChI=1S/C24H38N4O2/c1-5-21-8-6-7-9-22(21)25-23(29)17-26-10-12-27(13-11-26)20(4)24(30)28-15-18(2)14-19(3)16-28/h6-9,18-20H,5,10-17H2,1-4H3,(H,25,29)/p+2/t18-,19-,20+/m0/s1. The molecular weight excluding hydrogens is 376 g/mol. The average Bonchev–Trinajstić information content (AvgIpc) is 2.73. The molecule has 1 aromatic rings. The third-order valence-corrected chi connectivity index (χ3v) is 6.85. The predicted octanol–water partition coefficient (Wildman–Crippen LogP) is -0.136. The van der Waals surface area contributed by atoms with Crippen molar-refractivity contribution in [3.63, 3.8) is 0 Å². The van der Waals surface area contributed by atoms with Gasteiger partial charge in [0.05, 0.1) is 0 Å². The summed E-state index contributed by atoms with van der Waals surface area (Å²) in [6.45, 7) is 14.7. The van der Waals surface area contributed by atoms with Gasteiger partial charge in [-0.2, -0.15) is 0 Å². The summed E-state index contributed by atoms with van der Waals surface area (Å²) in [6.07, 6.45) is 2.13. The lowest BCUT2D eigenvalue weighted by molar-refractivity contribution is -1.01. The number of nitrogens with one attached hydrogen (secondary N) is 3. The van der Waals surface area contributed by atoms with Crippen LogP contribution < -0.4 is 15.1 Å². The predicted molar refractivity (Wildman–Crippen MR) is 120 cm³/mol. The Kier molecular flexibility index (Phi) is 7.89. The number of anilines is 1. The first-order valence-electron chi connectivity index (χ1n) is 11.7. The number of para-hydroxylation sites is 1. The molecule has 2 fully saturated rings. The zero-order valence-corrected chi connectivity index (χ0v) is 19.2. The van der Waals surface area contributed by atoms with E-state index in [0.717, 1.165) is 51.4 Å². The minimum absolute atomic E-state index is 0.00862. The summed E-state index contributed by atoms with van der Waals surface area (Å²) in [7, 11) is 0. The van der Waals surface area contributed by atoms with Crippen LogP contribution in [0, 0.1) is 11.8 Å². The zero-order chi connectivity index (χ0) is 21.7. The van der Waals surface area contributed by atoms with E-state index >= 15 is 0 Å². The Morgan fingerprint density at radius 3 is 2.37 bits per heavy atom. The summed E-state index contributed by atoms with van der Waals surface area (Å²) >= 11 is 0. The second kappa shape index (κ2) is 10.4. The van der Waals surface area contributed by atoms with Gasteiger partial charge in [-0.05, 0) is 43.2 Å². The number of rotatable bonds is 6. The molecule has 0 aromatic heterocycles. The van der Waals surface area contributed by atoms with Gasteiger partial charge in [0.15, 0.2) is 12.6 Å². The van der Waals surface area contributed by atoms with Crippen molar-refractivity contribution in [3.05, 3.63) is 29.8 Å². The molecule has 2 amide bonds. The molecule has 3 rings (SSSR count). The van der Waals surface area contributed by atoms with Gasteiger partial charge in [0, 0.05) is 18.8 Å². The van der Waals surface area contributed by atoms with E-state index in [-0.39, 0.29) is 11.9 Å². The molecule has 0 radical (unpaired) electrons. The molecule has 3 N–H and O–H groups in total. The fourth-order valence-electron chi connectivity index (χ4n) is 5.20. The van der Waals surface area contributed by atoms with Gasteiger partial charge in [0.2, 0.25) is 0 Å². The largest absolute Gasteiger partial charge is 0.337 e. The van der Waals surface area contributed by atoms with Crippen LogP contribution in [-0.2, 0) is 16.0 Å². The van der Waals surface area contributed by atoms with Crippen LogP contribution in [-0.4, -0.2) is 68.6 Å². The molecule has 0 saturated carbocycles. The van der Waals surface area contributed by atoms with Gasteiger partial charge in [-0.3, -0.25) is 9.59 Å². The highest BCUT2D eigenvalue weighted by molar-refractivity contribution is 5.92. The molecule has 30 heavy (non-hydrogen) atoms. The molecule has 0 spiro atoms. The van der Waals surface area contributed by atoms with Crippen molar-refractivity contribution in [1.82, 2.24) is 4.90 Å². The summed E-state index contributed by atoms with van der Waals surface area (Å²) in [5.74, 6) is 1.57. The number of likely N-dealkylation sites (tertiary alicyclic amines) is 1. The topological polar surface area (TPSA) is 58.3 Å². The van der Waals surface area contributed by atoms with Gasteiger partial charge in [0.25, 0.3) is 11.8 Å². The summed E-state index contributed by atoms with van der Waals surface area (Å²) < 4.78 is 0. The maximum Gasteiger partial charge on any atom is 0.280 e. The van der Waals surface area contributed by atoms with E-state index in [4.69, 9.17) is 0 Å². The number of hydrogen-bond acceptors (Lipinski definition) is 2. The summed E-state index contributed by atoms with van der Waals surface area (Å²) in [5, 5.41) is 3.08. The van der Waals surface area contributed by atoms with Crippen LogP contribution in [0.5, 0.6) is 0 Å². The molecule has 6 nitrogen and oxygen atoms in total. The highest BCUT2D eigenvalue weighted by atomic mass is 16.2. The van der Waals surface area contributed by atoms with Crippen molar-refractivity contribution < 1.29 is 19.4 Å². The number of piperazine rings is 1. The van der Waals surface area contributed by atoms with E-state index in [2.05, 4.69) is 44.0 Å². The lowest BCUT2D eigenvalue weighted by atomic mass is 9.91. The Morgan fingerprint density at radius 1 is 1.10 bits per heavy atom. The van der Waals surface area contributed by atoms with E-state index in [0.29, 0.717) is 24.3 Å². The lowest BCUT2D eigenvalue weighted by Gasteiger charge is -2.38. The van der Waals surface area contributed by atoms with Crippen LogP contribution in [0.15, 0.2) is 24.3 Å². The minimum atomic E-state index is 0.00862. The van der Waals surface area contributed by atoms with E-state index in [1.807, 2.05) is 18.2 Å². The number of carbonyl (C=O) groups is 2. The number of aryl methyl sites for hydroxylation is 1. The number of piperidine rings is 1. The molecule has 0 unspecified atom stereocenters. The molecular formula is C24H40N4O2+2. The number of benzene rings is 1. The van der Waals surface area contributed by atoms with E-state index in [9.17, 15) is 9.59 Å². The van der Waals surface area contributed by atoms with Crippen molar-refractivity contribution in [2.24, 2.45) is 11.8 Å². The maximum absolute atomic E-state index is 13.0. The number of hydrogen-bond donors (Lipinski definition) is 3. The third-order valence-electron chi connectivity index (χ3n) is 6.85. The van der Waals surface area contributed by atoms with E-state index in [1.165, 1.54) is 21.8 Å². The smallest absolute Gasteiger partial charge is 0.280 e. The maximum atomic E-state index is 13.0. The summed E-state index contributed by atoms with van der Waals surface area (Å²) in [4.78, 5) is 30.4. The van der Waals surface area contributed by atoms with Crippen LogP contribution in [0.2, 0.25) is 0 Å². The van der Waals surface area contributed by atoms with Gasteiger partial charge in [0.1, 0.15) is 26.2 Å². The van der Waals surface area contributed by atoms with Crippen LogP contribution in [0.3, 0.4) is 0 Å². The second-order valence-electron chi connectivity index (χ2n) is 9.55. The van der Waals surface area contributed by atoms with Crippen molar-refractivity contribution >= 4 is 17.5 Å². The van der Waals surface area contributed by atoms with E-state index < -0.39 is 0 Å². The van der Waals surface area contributed by atoms with Gasteiger partial charge in [-0.25, -0.2) is 0 Å². The highest BCUT2D eigenvalue weighted by Crippen LogP contribution is 2.21. The Morgan fingerprint density at radius 2 is 1.73 bits per heavy atom. The normalized spacial score (nSPS) is 28.1. The summed E-state index contributed by atoms with van der Waals surface area (Å²) in [6, 6.07) is 8.02. The first-order valence-corrected chi connectivity index (χ1v) is 11.7. The molecule has 6 heteroatoms. The fraction of sp³-hybridized carbons (Fsp3) is 0.667. The van der Waals surface area contributed by atoms with Gasteiger partial charge in [-0.1, -0.05) is 39.0 Å². The number of amides is 2. The van der Waals surface area contributed by atoms with Crippen LogP contribution >= 0.6 is 0 Å². The number of quaternary nitrogens is 2. The molecule has 0 bridgehead atoms. The SMILES string of the molecule is CCc1ccccc1NC(=O)C[NH+]1CC[NH+]([C@H](C)C(=O)N2C[C@@H](C)C[C@H](C)C2)CC1. The van der Waals surface area contributed by atoms with Crippen molar-refractivity contribution in [3.8, 4) is 0 Å². The van der Waals surface area contributed by atoms with Gasteiger partial charge in [-0.15, -0.1) is 0 Å². The number of nitrogens with zero attached hydrogens (tertiary/aromatic N) is 1. The molecule has 2 saturated heterocycles. The molecule has 2 aliphatic heterocycles. The Hall–Kier alpha value is -1.92. The first kappa shape index (κ1) is 22.8. The van der Waals surface area contributed by atoms with Crippen LogP contribution in [0.25, 0.3) is 0 Å². The number of carbonyl (C=O) groups excluding carboxylic acids is 2. The first-order chi connectivity index (χ1) is 14.4. The Labute approximate surface area is 181 Å². The molecule has 3 atom stereocenters. The molecule has 0 aliphatic carbocycles. The average molecular weight is 417 g/mol. The highest BCUT2D eigenvalue weighted by Gasteiger charge is 2.36. The lowest BCUT2D eigenvalue weighted by Crippen LogP contribution is -3.30. The molecule has 166 valence electrons. The van der Waals surface area contributed by atoms with Crippen LogP contribution in [0.1, 0.15) is 39.7 Å². The molecule has 1 aromatic carbocycles. The molecule has 2 aliphatic rings. The summed E-state index contributed by atoms with van der Waals surface area (Å²) in [5.41, 5.74) is 2.10. The quantitative estimate of drug-likeness (QED) is 0.605. The van der Waals surface area contributed by atoms with Crippen LogP contribution in [0.4, 0.5) is 5.69 Å².